The quantitative estimate of drug-likeness (QED) is 0.722. The summed E-state index contributed by atoms with van der Waals surface area (Å²) in [7, 11) is 1.53. The first-order chi connectivity index (χ1) is 9.74. The van der Waals surface area contributed by atoms with Gasteiger partial charge in [0.25, 0.3) is 0 Å². The van der Waals surface area contributed by atoms with Crippen LogP contribution in [0.25, 0.3) is 0 Å². The van der Waals surface area contributed by atoms with E-state index >= 15 is 0 Å². The van der Waals surface area contributed by atoms with Crippen molar-refractivity contribution in [3.63, 3.8) is 0 Å². The third-order valence-electron chi connectivity index (χ3n) is 5.06. The van der Waals surface area contributed by atoms with E-state index in [-0.39, 0.29) is 11.9 Å². The molecule has 2 aliphatic rings. The Morgan fingerprint density at radius 1 is 1.10 bits per heavy atom. The smallest absolute Gasteiger partial charge is 0.310 e. The number of hydrogen-bond donors (Lipinski definition) is 0. The predicted molar refractivity (Wildman–Crippen MR) is 80.6 cm³/mol. The van der Waals surface area contributed by atoms with Crippen molar-refractivity contribution >= 4 is 5.97 Å². The van der Waals surface area contributed by atoms with E-state index in [9.17, 15) is 4.79 Å². The van der Waals surface area contributed by atoms with Crippen molar-refractivity contribution in [3.8, 4) is 0 Å². The topological polar surface area (TPSA) is 32.8 Å². The van der Waals surface area contributed by atoms with Crippen molar-refractivity contribution in [1.29, 1.82) is 0 Å². The number of esters is 1. The van der Waals surface area contributed by atoms with Crippen molar-refractivity contribution in [2.24, 2.45) is 11.8 Å². The van der Waals surface area contributed by atoms with Gasteiger partial charge < -0.3 is 14.5 Å². The number of methoxy groups -OCH3 is 1. The first-order valence-electron chi connectivity index (χ1n) is 8.27. The molecule has 2 heterocycles. The van der Waals surface area contributed by atoms with Gasteiger partial charge in [0.1, 0.15) is 0 Å². The number of carbonyl (C=O) groups is 1. The van der Waals surface area contributed by atoms with Crippen LogP contribution in [0.4, 0.5) is 0 Å². The minimum atomic E-state index is 0.00511. The average Bonchev–Trinajstić information content (AvgIpc) is 2.53. The molecule has 1 atom stereocenters. The molecule has 0 N–H and O–H groups in total. The van der Waals surface area contributed by atoms with Crippen LogP contribution in [0.5, 0.6) is 0 Å². The molecule has 0 aromatic carbocycles. The van der Waals surface area contributed by atoms with Crippen LogP contribution in [0, 0.1) is 11.8 Å². The van der Waals surface area contributed by atoms with Gasteiger partial charge in [0.15, 0.2) is 0 Å². The maximum Gasteiger partial charge on any atom is 0.310 e. The summed E-state index contributed by atoms with van der Waals surface area (Å²) < 4.78 is 5.08. The Balaban J connectivity index is 1.91. The van der Waals surface area contributed by atoms with Gasteiger partial charge in [-0.3, -0.25) is 4.79 Å². The van der Waals surface area contributed by atoms with E-state index in [1.807, 2.05) is 0 Å². The SMILES string of the molecule is CCN1CCC(C(CN2CCCCC2)C(=O)OC)CC1. The van der Waals surface area contributed by atoms with E-state index in [0.717, 1.165) is 52.1 Å². The van der Waals surface area contributed by atoms with Gasteiger partial charge in [-0.2, -0.15) is 0 Å². The number of rotatable bonds is 5. The molecule has 2 rings (SSSR count). The highest BCUT2D eigenvalue weighted by molar-refractivity contribution is 5.73. The van der Waals surface area contributed by atoms with Crippen molar-refractivity contribution in [3.05, 3.63) is 0 Å². The highest BCUT2D eigenvalue weighted by Gasteiger charge is 2.33. The number of likely N-dealkylation sites (tertiary alicyclic amines) is 2. The van der Waals surface area contributed by atoms with E-state index in [1.165, 1.54) is 26.4 Å². The molecule has 0 saturated carbocycles. The molecule has 4 heteroatoms. The molecule has 20 heavy (non-hydrogen) atoms. The molecular weight excluding hydrogens is 252 g/mol. The lowest BCUT2D eigenvalue weighted by Gasteiger charge is -2.37. The largest absolute Gasteiger partial charge is 0.469 e. The predicted octanol–water partition coefficient (Wildman–Crippen LogP) is 1.99. The van der Waals surface area contributed by atoms with E-state index in [1.54, 1.807) is 0 Å². The Bertz CT molecular complexity index is 295. The summed E-state index contributed by atoms with van der Waals surface area (Å²) >= 11 is 0. The van der Waals surface area contributed by atoms with Gasteiger partial charge in [0.2, 0.25) is 0 Å². The maximum atomic E-state index is 12.2. The third-order valence-corrected chi connectivity index (χ3v) is 5.06. The van der Waals surface area contributed by atoms with Gasteiger partial charge in [-0.25, -0.2) is 0 Å². The summed E-state index contributed by atoms with van der Waals surface area (Å²) in [6.45, 7) is 8.82. The zero-order valence-electron chi connectivity index (χ0n) is 13.1. The summed E-state index contributed by atoms with van der Waals surface area (Å²) in [5.41, 5.74) is 0. The van der Waals surface area contributed by atoms with Gasteiger partial charge in [-0.1, -0.05) is 13.3 Å². The molecule has 116 valence electrons. The monoisotopic (exact) mass is 282 g/mol. The van der Waals surface area contributed by atoms with Crippen molar-refractivity contribution < 1.29 is 9.53 Å². The second-order valence-electron chi connectivity index (χ2n) is 6.26. The molecule has 2 aliphatic heterocycles. The lowest BCUT2D eigenvalue weighted by Crippen LogP contribution is -2.44. The Labute approximate surface area is 123 Å². The van der Waals surface area contributed by atoms with E-state index in [2.05, 4.69) is 16.7 Å². The fourth-order valence-electron chi connectivity index (χ4n) is 3.66. The summed E-state index contributed by atoms with van der Waals surface area (Å²) in [5.74, 6) is 0.592. The zero-order valence-corrected chi connectivity index (χ0v) is 13.1. The first kappa shape index (κ1) is 15.8. The molecule has 0 radical (unpaired) electrons. The van der Waals surface area contributed by atoms with Crippen molar-refractivity contribution in [1.82, 2.24) is 9.80 Å². The van der Waals surface area contributed by atoms with Crippen LogP contribution >= 0.6 is 0 Å². The number of piperidine rings is 2. The van der Waals surface area contributed by atoms with Crippen LogP contribution in [0.3, 0.4) is 0 Å². The summed E-state index contributed by atoms with van der Waals surface area (Å²) in [6.07, 6.45) is 6.18. The van der Waals surface area contributed by atoms with Gasteiger partial charge >= 0.3 is 5.97 Å². The number of carbonyl (C=O) groups excluding carboxylic acids is 1. The van der Waals surface area contributed by atoms with Gasteiger partial charge in [-0.15, -0.1) is 0 Å². The normalized spacial score (nSPS) is 24.5. The fourth-order valence-corrected chi connectivity index (χ4v) is 3.66. The first-order valence-corrected chi connectivity index (χ1v) is 8.27. The molecule has 4 nitrogen and oxygen atoms in total. The molecule has 2 saturated heterocycles. The van der Waals surface area contributed by atoms with Gasteiger partial charge in [0.05, 0.1) is 13.0 Å². The van der Waals surface area contributed by atoms with Crippen molar-refractivity contribution in [2.75, 3.05) is 46.4 Å². The molecular formula is C16H30N2O2. The highest BCUT2D eigenvalue weighted by atomic mass is 16.5. The van der Waals surface area contributed by atoms with Crippen LogP contribution in [-0.4, -0.2) is 62.1 Å². The molecule has 1 unspecified atom stereocenters. The summed E-state index contributed by atoms with van der Waals surface area (Å²) in [6, 6.07) is 0. The Hall–Kier alpha value is -0.610. The molecule has 0 spiro atoms. The number of nitrogens with zero attached hydrogens (tertiary/aromatic N) is 2. The third kappa shape index (κ3) is 4.19. The summed E-state index contributed by atoms with van der Waals surface area (Å²) in [5, 5.41) is 0. The molecule has 0 bridgehead atoms. The van der Waals surface area contributed by atoms with E-state index < -0.39 is 0 Å². The minimum Gasteiger partial charge on any atom is -0.469 e. The molecule has 0 aliphatic carbocycles. The Morgan fingerprint density at radius 2 is 1.75 bits per heavy atom. The zero-order chi connectivity index (χ0) is 14.4. The van der Waals surface area contributed by atoms with Crippen LogP contribution in [-0.2, 0) is 9.53 Å². The van der Waals surface area contributed by atoms with Gasteiger partial charge in [-0.05, 0) is 64.3 Å². The fraction of sp³-hybridized carbons (Fsp3) is 0.938. The second-order valence-corrected chi connectivity index (χ2v) is 6.26. The van der Waals surface area contributed by atoms with E-state index in [0.29, 0.717) is 5.92 Å². The second kappa shape index (κ2) is 7.99. The minimum absolute atomic E-state index is 0.00511. The standard InChI is InChI=1S/C16H30N2O2/c1-3-17-11-7-14(8-12-17)15(16(19)20-2)13-18-9-5-4-6-10-18/h14-15H,3-13H2,1-2H3. The molecule has 0 amide bonds. The van der Waals surface area contributed by atoms with E-state index in [4.69, 9.17) is 4.74 Å². The number of hydrogen-bond acceptors (Lipinski definition) is 4. The average molecular weight is 282 g/mol. The lowest BCUT2D eigenvalue weighted by molar-refractivity contribution is -0.149. The summed E-state index contributed by atoms with van der Waals surface area (Å²) in [4.78, 5) is 17.1. The lowest BCUT2D eigenvalue weighted by atomic mass is 9.83. The van der Waals surface area contributed by atoms with Gasteiger partial charge in [0, 0.05) is 6.54 Å². The molecule has 0 aromatic rings. The highest BCUT2D eigenvalue weighted by Crippen LogP contribution is 2.27. The molecule has 0 aromatic heterocycles. The van der Waals surface area contributed by atoms with Crippen LogP contribution < -0.4 is 0 Å². The van der Waals surface area contributed by atoms with Crippen molar-refractivity contribution in [2.45, 2.75) is 39.0 Å². The van der Waals surface area contributed by atoms with Crippen LogP contribution in [0.15, 0.2) is 0 Å². The molecule has 2 fully saturated rings. The number of ether oxygens (including phenoxy) is 1. The van der Waals surface area contributed by atoms with Crippen LogP contribution in [0.1, 0.15) is 39.0 Å². The Morgan fingerprint density at radius 3 is 2.30 bits per heavy atom. The Kier molecular flexibility index (Phi) is 6.30. The maximum absolute atomic E-state index is 12.2. The van der Waals surface area contributed by atoms with Crippen LogP contribution in [0.2, 0.25) is 0 Å².